The maximum absolute atomic E-state index is 11.1. The van der Waals surface area contributed by atoms with Crippen LogP contribution in [0.1, 0.15) is 79.4 Å². The Bertz CT molecular complexity index is 580. The molecule has 1 aromatic carbocycles. The molecule has 0 aliphatic carbocycles. The van der Waals surface area contributed by atoms with Gasteiger partial charge in [0.05, 0.1) is 0 Å². The van der Waals surface area contributed by atoms with Crippen LogP contribution in [0.15, 0.2) is 18.2 Å². The maximum Gasteiger partial charge on any atom is 0.259 e. The molecule has 0 heterocycles. The highest BCUT2D eigenvalue weighted by atomic mass is 35.5. The van der Waals surface area contributed by atoms with E-state index in [0.29, 0.717) is 0 Å². The number of hydrogen-bond donors (Lipinski definition) is 0. The summed E-state index contributed by atoms with van der Waals surface area (Å²) < 4.78 is 5.72. The lowest BCUT2D eigenvalue weighted by Gasteiger charge is -2.35. The fourth-order valence-electron chi connectivity index (χ4n) is 3.37. The monoisotopic (exact) mass is 352 g/mol. The number of carbonyl (C=O) groups excluding carboxylic acids is 1. The zero-order chi connectivity index (χ0) is 18.8. The molecule has 0 N–H and O–H groups in total. The molecule has 0 spiro atoms. The molecule has 3 heteroatoms. The Labute approximate surface area is 152 Å². The molecular formula is C21H33ClO2. The first-order valence-corrected chi connectivity index (χ1v) is 9.12. The van der Waals surface area contributed by atoms with Gasteiger partial charge in [0.25, 0.3) is 5.24 Å². The van der Waals surface area contributed by atoms with Crippen LogP contribution in [0.4, 0.5) is 0 Å². The molecule has 0 saturated carbocycles. The predicted molar refractivity (Wildman–Crippen MR) is 103 cm³/mol. The van der Waals surface area contributed by atoms with Crippen LogP contribution in [0.5, 0.6) is 5.75 Å². The zero-order valence-electron chi connectivity index (χ0n) is 16.5. The second kappa shape index (κ2) is 7.47. The van der Waals surface area contributed by atoms with Crippen molar-refractivity contribution in [2.75, 3.05) is 6.61 Å². The standard InChI is InChI=1S/C21H33ClO2/c1-9-20(5,6)15-10-11-17(24-13-18(22)23)16(12-15)21(7,8)14-19(2,3)4/h10-12H,9,13-14H2,1-8H3. The van der Waals surface area contributed by atoms with Crippen molar-refractivity contribution in [3.8, 4) is 5.75 Å². The summed E-state index contributed by atoms with van der Waals surface area (Å²) in [6.45, 7) is 17.8. The van der Waals surface area contributed by atoms with Gasteiger partial charge in [-0.3, -0.25) is 4.79 Å². The summed E-state index contributed by atoms with van der Waals surface area (Å²) in [5.41, 5.74) is 2.68. The molecule has 0 unspecified atom stereocenters. The molecule has 136 valence electrons. The van der Waals surface area contributed by atoms with Crippen molar-refractivity contribution < 1.29 is 9.53 Å². The van der Waals surface area contributed by atoms with Gasteiger partial charge >= 0.3 is 0 Å². The highest BCUT2D eigenvalue weighted by Crippen LogP contribution is 2.42. The number of hydrogen-bond acceptors (Lipinski definition) is 2. The summed E-state index contributed by atoms with van der Waals surface area (Å²) in [5.74, 6) is 0.758. The molecule has 0 atom stereocenters. The largest absolute Gasteiger partial charge is 0.484 e. The van der Waals surface area contributed by atoms with Crippen molar-refractivity contribution in [2.24, 2.45) is 5.41 Å². The Kier molecular flexibility index (Phi) is 6.55. The fourth-order valence-corrected chi connectivity index (χ4v) is 3.42. The normalized spacial score (nSPS) is 13.0. The van der Waals surface area contributed by atoms with Crippen LogP contribution in [0.2, 0.25) is 0 Å². The molecule has 0 aliphatic heterocycles. The molecule has 0 radical (unpaired) electrons. The Morgan fingerprint density at radius 3 is 2.08 bits per heavy atom. The van der Waals surface area contributed by atoms with Crippen LogP contribution in [-0.4, -0.2) is 11.8 Å². The first kappa shape index (κ1) is 21.0. The molecule has 1 aromatic rings. The average molecular weight is 353 g/mol. The van der Waals surface area contributed by atoms with Gasteiger partial charge in [-0.05, 0) is 52.3 Å². The molecule has 0 amide bonds. The van der Waals surface area contributed by atoms with Gasteiger partial charge in [0.15, 0.2) is 6.61 Å². The van der Waals surface area contributed by atoms with E-state index in [2.05, 4.69) is 67.5 Å². The minimum atomic E-state index is -0.479. The predicted octanol–water partition coefficient (Wildman–Crippen LogP) is 6.23. The minimum absolute atomic E-state index is 0.0667. The molecule has 24 heavy (non-hydrogen) atoms. The van der Waals surface area contributed by atoms with Crippen molar-refractivity contribution in [2.45, 2.75) is 79.1 Å². The third kappa shape index (κ3) is 5.81. The van der Waals surface area contributed by atoms with Crippen molar-refractivity contribution in [3.63, 3.8) is 0 Å². The summed E-state index contributed by atoms with van der Waals surface area (Å²) in [6, 6.07) is 6.35. The van der Waals surface area contributed by atoms with Crippen LogP contribution < -0.4 is 4.74 Å². The van der Waals surface area contributed by atoms with E-state index in [1.54, 1.807) is 0 Å². The van der Waals surface area contributed by atoms with Crippen LogP contribution >= 0.6 is 11.6 Å². The quantitative estimate of drug-likeness (QED) is 0.543. The van der Waals surface area contributed by atoms with Gasteiger partial charge in [-0.25, -0.2) is 0 Å². The van der Waals surface area contributed by atoms with E-state index in [9.17, 15) is 4.79 Å². The number of carbonyl (C=O) groups is 1. The molecular weight excluding hydrogens is 320 g/mol. The third-order valence-electron chi connectivity index (χ3n) is 4.69. The van der Waals surface area contributed by atoms with Gasteiger partial charge in [0, 0.05) is 5.56 Å². The van der Waals surface area contributed by atoms with E-state index in [1.165, 1.54) is 5.56 Å². The van der Waals surface area contributed by atoms with Gasteiger partial charge in [-0.2, -0.15) is 0 Å². The lowest BCUT2D eigenvalue weighted by molar-refractivity contribution is -0.113. The van der Waals surface area contributed by atoms with Crippen molar-refractivity contribution in [3.05, 3.63) is 29.3 Å². The highest BCUT2D eigenvalue weighted by molar-refractivity contribution is 6.63. The first-order valence-electron chi connectivity index (χ1n) is 8.75. The fraction of sp³-hybridized carbons (Fsp3) is 0.667. The van der Waals surface area contributed by atoms with E-state index in [0.717, 1.165) is 24.2 Å². The summed E-state index contributed by atoms with van der Waals surface area (Å²) in [4.78, 5) is 11.1. The second-order valence-electron chi connectivity index (χ2n) is 9.21. The van der Waals surface area contributed by atoms with Crippen LogP contribution in [-0.2, 0) is 15.6 Å². The van der Waals surface area contributed by atoms with Crippen LogP contribution in [0.25, 0.3) is 0 Å². The average Bonchev–Trinajstić information content (AvgIpc) is 2.42. The number of benzene rings is 1. The molecule has 0 bridgehead atoms. The zero-order valence-corrected chi connectivity index (χ0v) is 17.3. The summed E-state index contributed by atoms with van der Waals surface area (Å²) in [5, 5.41) is -0.479. The summed E-state index contributed by atoms with van der Waals surface area (Å²) in [7, 11) is 0. The van der Waals surface area contributed by atoms with Crippen molar-refractivity contribution in [1.82, 2.24) is 0 Å². The Morgan fingerprint density at radius 1 is 1.04 bits per heavy atom. The van der Waals surface area contributed by atoms with Gasteiger partial charge < -0.3 is 4.74 Å². The molecule has 0 aliphatic rings. The smallest absolute Gasteiger partial charge is 0.259 e. The highest BCUT2D eigenvalue weighted by Gasteiger charge is 2.31. The van der Waals surface area contributed by atoms with E-state index in [4.69, 9.17) is 16.3 Å². The maximum atomic E-state index is 11.1. The number of ether oxygens (including phenoxy) is 1. The summed E-state index contributed by atoms with van der Waals surface area (Å²) in [6.07, 6.45) is 2.08. The Morgan fingerprint density at radius 2 is 1.62 bits per heavy atom. The third-order valence-corrected chi connectivity index (χ3v) is 4.80. The molecule has 0 saturated heterocycles. The Hall–Kier alpha value is -1.02. The second-order valence-corrected chi connectivity index (χ2v) is 9.64. The lowest BCUT2D eigenvalue weighted by Crippen LogP contribution is -2.27. The van der Waals surface area contributed by atoms with Crippen molar-refractivity contribution in [1.29, 1.82) is 0 Å². The molecule has 0 aromatic heterocycles. The van der Waals surface area contributed by atoms with E-state index >= 15 is 0 Å². The molecule has 2 nitrogen and oxygen atoms in total. The molecule has 0 fully saturated rings. The SMILES string of the molecule is CCC(C)(C)c1ccc(OCC(=O)Cl)c(C(C)(C)CC(C)(C)C)c1. The summed E-state index contributed by atoms with van der Waals surface area (Å²) >= 11 is 5.46. The van der Waals surface area contributed by atoms with E-state index in [1.807, 2.05) is 6.07 Å². The molecule has 1 rings (SSSR count). The first-order chi connectivity index (χ1) is 10.8. The van der Waals surface area contributed by atoms with E-state index in [-0.39, 0.29) is 22.9 Å². The van der Waals surface area contributed by atoms with E-state index < -0.39 is 5.24 Å². The van der Waals surface area contributed by atoms with Crippen molar-refractivity contribution >= 4 is 16.8 Å². The number of halogens is 1. The van der Waals surface area contributed by atoms with Gasteiger partial charge in [-0.1, -0.05) is 67.5 Å². The van der Waals surface area contributed by atoms with Gasteiger partial charge in [0.1, 0.15) is 5.75 Å². The minimum Gasteiger partial charge on any atom is -0.484 e. The topological polar surface area (TPSA) is 26.3 Å². The van der Waals surface area contributed by atoms with Gasteiger partial charge in [0.2, 0.25) is 0 Å². The Balaban J connectivity index is 3.38. The van der Waals surface area contributed by atoms with Crippen LogP contribution in [0, 0.1) is 5.41 Å². The lowest BCUT2D eigenvalue weighted by atomic mass is 9.70. The van der Waals surface area contributed by atoms with Crippen LogP contribution in [0.3, 0.4) is 0 Å². The van der Waals surface area contributed by atoms with Gasteiger partial charge in [-0.15, -0.1) is 0 Å². The number of rotatable bonds is 7.